The van der Waals surface area contributed by atoms with E-state index in [0.717, 1.165) is 79.1 Å². The van der Waals surface area contributed by atoms with E-state index in [1.54, 1.807) is 29.6 Å². The number of aromatic nitrogens is 11. The molecule has 4 amide bonds. The first kappa shape index (κ1) is 43.8. The van der Waals surface area contributed by atoms with Crippen molar-refractivity contribution in [1.82, 2.24) is 74.7 Å². The SMILES string of the molecule is Cc1nc(C2CCCCCN2C(=O)NCCc2ccc3c(c2)OCO3)nc(-n2ccnc2)n1.Cc1nc(C2CCCCN2C(=O)NCCc2ccc3c(c2)OCCO3)nc(-n2cncn2)n1. The second kappa shape index (κ2) is 20.6. The van der Waals surface area contributed by atoms with Crippen LogP contribution in [0.25, 0.3) is 11.9 Å². The van der Waals surface area contributed by atoms with Crippen molar-refractivity contribution in [3.63, 3.8) is 0 Å². The van der Waals surface area contributed by atoms with Crippen molar-refractivity contribution in [3.8, 4) is 34.9 Å². The summed E-state index contributed by atoms with van der Waals surface area (Å²) >= 11 is 0. The smallest absolute Gasteiger partial charge is 0.318 e. The molecule has 0 spiro atoms. The monoisotopic (exact) mass is 899 g/mol. The summed E-state index contributed by atoms with van der Waals surface area (Å²) in [5.41, 5.74) is 2.17. The summed E-state index contributed by atoms with van der Waals surface area (Å²) in [4.78, 5) is 65.2. The lowest BCUT2D eigenvalue weighted by Gasteiger charge is -2.34. The van der Waals surface area contributed by atoms with Crippen molar-refractivity contribution in [2.45, 2.75) is 83.7 Å². The van der Waals surface area contributed by atoms with E-state index in [1.165, 1.54) is 11.0 Å². The van der Waals surface area contributed by atoms with Gasteiger partial charge in [0.1, 0.15) is 43.8 Å². The lowest BCUT2D eigenvalue weighted by molar-refractivity contribution is 0.147. The van der Waals surface area contributed by atoms with Gasteiger partial charge in [0.05, 0.1) is 12.1 Å². The van der Waals surface area contributed by atoms with Crippen molar-refractivity contribution in [2.24, 2.45) is 0 Å². The van der Waals surface area contributed by atoms with Crippen LogP contribution in [0.2, 0.25) is 0 Å². The first-order chi connectivity index (χ1) is 32.3. The van der Waals surface area contributed by atoms with Crippen LogP contribution in [0.1, 0.15) is 91.5 Å². The van der Waals surface area contributed by atoms with Gasteiger partial charge >= 0.3 is 12.1 Å². The summed E-state index contributed by atoms with van der Waals surface area (Å²) < 4.78 is 25.3. The van der Waals surface area contributed by atoms with Gasteiger partial charge in [-0.25, -0.2) is 29.5 Å². The topological polar surface area (TPSA) is 227 Å². The number of carbonyl (C=O) groups is 2. The minimum Gasteiger partial charge on any atom is -0.486 e. The molecule has 4 aliphatic heterocycles. The largest absolute Gasteiger partial charge is 0.486 e. The van der Waals surface area contributed by atoms with Gasteiger partial charge < -0.3 is 39.4 Å². The molecule has 21 heteroatoms. The molecule has 2 unspecified atom stereocenters. The summed E-state index contributed by atoms with van der Waals surface area (Å²) in [6.45, 7) is 7.41. The quantitative estimate of drug-likeness (QED) is 0.185. The van der Waals surface area contributed by atoms with E-state index in [-0.39, 0.29) is 30.9 Å². The Hall–Kier alpha value is -7.45. The second-order valence-electron chi connectivity index (χ2n) is 16.3. The van der Waals surface area contributed by atoms with Gasteiger partial charge in [-0.15, -0.1) is 0 Å². The predicted molar refractivity (Wildman–Crippen MR) is 237 cm³/mol. The number of nitrogens with zero attached hydrogens (tertiary/aromatic N) is 13. The number of hydrogen-bond acceptors (Lipinski definition) is 15. The van der Waals surface area contributed by atoms with E-state index in [2.05, 4.69) is 55.6 Å². The van der Waals surface area contributed by atoms with E-state index in [4.69, 9.17) is 18.9 Å². The molecule has 6 aromatic rings. The fourth-order valence-electron chi connectivity index (χ4n) is 8.41. The third kappa shape index (κ3) is 10.6. The number of rotatable bonds is 10. The molecule has 0 bridgehead atoms. The maximum Gasteiger partial charge on any atom is 0.318 e. The zero-order valence-electron chi connectivity index (χ0n) is 37.1. The normalized spacial score (nSPS) is 17.6. The van der Waals surface area contributed by atoms with Crippen molar-refractivity contribution in [1.29, 1.82) is 0 Å². The third-order valence-corrected chi connectivity index (χ3v) is 11.7. The van der Waals surface area contributed by atoms with E-state index in [9.17, 15) is 9.59 Å². The Morgan fingerprint density at radius 2 is 1.21 bits per heavy atom. The number of fused-ring (bicyclic) bond motifs is 2. The molecule has 344 valence electrons. The van der Waals surface area contributed by atoms with E-state index < -0.39 is 0 Å². The predicted octanol–water partition coefficient (Wildman–Crippen LogP) is 4.98. The molecule has 0 saturated carbocycles. The Bertz CT molecular complexity index is 2590. The number of aryl methyl sites for hydroxylation is 2. The maximum atomic E-state index is 13.2. The lowest BCUT2D eigenvalue weighted by atomic mass is 10.0. The molecular formula is C45H53N15O6. The zero-order valence-corrected chi connectivity index (χ0v) is 37.1. The molecule has 0 radical (unpaired) electrons. The summed E-state index contributed by atoms with van der Waals surface area (Å²) in [5, 5.41) is 10.2. The number of ether oxygens (including phenoxy) is 4. The number of urea groups is 2. The van der Waals surface area contributed by atoms with Gasteiger partial charge in [-0.1, -0.05) is 25.0 Å². The molecule has 4 aliphatic rings. The van der Waals surface area contributed by atoms with Crippen molar-refractivity contribution in [2.75, 3.05) is 46.2 Å². The van der Waals surface area contributed by atoms with Crippen LogP contribution in [0.4, 0.5) is 9.59 Å². The number of benzene rings is 2. The average molecular weight is 900 g/mol. The highest BCUT2D eigenvalue weighted by atomic mass is 16.7. The first-order valence-corrected chi connectivity index (χ1v) is 22.5. The molecule has 10 rings (SSSR count). The van der Waals surface area contributed by atoms with Crippen molar-refractivity contribution < 1.29 is 28.5 Å². The second-order valence-corrected chi connectivity index (χ2v) is 16.3. The molecule has 4 aromatic heterocycles. The van der Waals surface area contributed by atoms with Gasteiger partial charge in [0.15, 0.2) is 34.6 Å². The Morgan fingerprint density at radius 3 is 1.85 bits per heavy atom. The van der Waals surface area contributed by atoms with E-state index >= 15 is 0 Å². The molecule has 2 atom stereocenters. The molecule has 8 heterocycles. The van der Waals surface area contributed by atoms with Crippen LogP contribution < -0.4 is 29.6 Å². The zero-order chi connectivity index (χ0) is 45.2. The number of imidazole rings is 1. The molecule has 21 nitrogen and oxygen atoms in total. The maximum absolute atomic E-state index is 13.2. The number of hydrogen-bond donors (Lipinski definition) is 2. The van der Waals surface area contributed by atoms with Crippen LogP contribution in [0.15, 0.2) is 67.8 Å². The number of likely N-dealkylation sites (tertiary alicyclic amines) is 2. The molecule has 66 heavy (non-hydrogen) atoms. The number of piperidine rings is 1. The Kier molecular flexibility index (Phi) is 13.7. The third-order valence-electron chi connectivity index (χ3n) is 11.7. The van der Waals surface area contributed by atoms with Gasteiger partial charge in [0.2, 0.25) is 12.7 Å². The average Bonchev–Trinajstić information content (AvgIpc) is 4.14. The molecule has 0 aliphatic carbocycles. The fourth-order valence-corrected chi connectivity index (χ4v) is 8.41. The highest BCUT2D eigenvalue weighted by molar-refractivity contribution is 5.75. The van der Waals surface area contributed by atoms with Crippen LogP contribution in [-0.4, -0.2) is 122 Å². The summed E-state index contributed by atoms with van der Waals surface area (Å²) in [7, 11) is 0. The van der Waals surface area contributed by atoms with Gasteiger partial charge in [-0.2, -0.15) is 29.7 Å². The fraction of sp³-hybridized carbons (Fsp3) is 0.444. The van der Waals surface area contributed by atoms with Crippen molar-refractivity contribution in [3.05, 3.63) is 102 Å². The Morgan fingerprint density at radius 1 is 0.636 bits per heavy atom. The Balaban J connectivity index is 0.000000166. The molecule has 2 fully saturated rings. The molecule has 2 aromatic carbocycles. The summed E-state index contributed by atoms with van der Waals surface area (Å²) in [6.07, 6.45) is 16.2. The molecular weight excluding hydrogens is 847 g/mol. The number of amides is 4. The first-order valence-electron chi connectivity index (χ1n) is 22.5. The van der Waals surface area contributed by atoms with Crippen LogP contribution in [0, 0.1) is 13.8 Å². The highest BCUT2D eigenvalue weighted by Crippen LogP contribution is 2.34. The van der Waals surface area contributed by atoms with Crippen LogP contribution in [-0.2, 0) is 12.8 Å². The van der Waals surface area contributed by atoms with E-state index in [1.807, 2.05) is 60.0 Å². The van der Waals surface area contributed by atoms with E-state index in [0.29, 0.717) is 87.4 Å². The minimum absolute atomic E-state index is 0.0927. The lowest BCUT2D eigenvalue weighted by Crippen LogP contribution is -2.45. The van der Waals surface area contributed by atoms with Crippen LogP contribution in [0.5, 0.6) is 23.0 Å². The minimum atomic E-state index is -0.211. The van der Waals surface area contributed by atoms with Crippen LogP contribution >= 0.6 is 0 Å². The van der Waals surface area contributed by atoms with Crippen LogP contribution in [0.3, 0.4) is 0 Å². The molecule has 2 N–H and O–H groups in total. The van der Waals surface area contributed by atoms with Gasteiger partial charge in [0.25, 0.3) is 5.95 Å². The van der Waals surface area contributed by atoms with Gasteiger partial charge in [-0.05, 0) is 94.2 Å². The number of nitrogens with one attached hydrogen (secondary N) is 2. The number of carbonyl (C=O) groups excluding carboxylic acids is 2. The summed E-state index contributed by atoms with van der Waals surface area (Å²) in [6, 6.07) is 11.2. The molecule has 2 saturated heterocycles. The van der Waals surface area contributed by atoms with Crippen molar-refractivity contribution >= 4 is 12.1 Å². The summed E-state index contributed by atoms with van der Waals surface area (Å²) in [5.74, 6) is 6.36. The standard InChI is InChI=1S/C23H27N7O3.C22H26N8O3/c1-16-26-21(28-22(27-16)29-12-10-24-14-29)18-5-3-2-4-11-30(18)23(31)25-9-8-17-6-7-19-20(13-17)33-15-32-19;1-15-26-20(28-21(27-15)30-14-23-13-25-30)17-4-2-3-9-29(17)22(31)24-8-7-16-5-6-18-19(12-16)33-11-10-32-18/h6-7,10,12-14,18H,2-5,8-9,11,15H2,1H3,(H,25,31);5-6,12-14,17H,2-4,7-11H2,1H3,(H,24,31). The van der Waals surface area contributed by atoms with Gasteiger partial charge in [-0.3, -0.25) is 4.57 Å². The Labute approximate surface area is 381 Å². The highest BCUT2D eigenvalue weighted by Gasteiger charge is 2.32. The van der Waals surface area contributed by atoms with Gasteiger partial charge in [0, 0.05) is 38.6 Å².